The topological polar surface area (TPSA) is 71.8 Å². The zero-order valence-electron chi connectivity index (χ0n) is 18.3. The van der Waals surface area contributed by atoms with E-state index in [1.165, 1.54) is 5.56 Å². The molecule has 0 saturated heterocycles. The van der Waals surface area contributed by atoms with Crippen molar-refractivity contribution >= 4 is 40.0 Å². The highest BCUT2D eigenvalue weighted by Gasteiger charge is 2.11. The van der Waals surface area contributed by atoms with Gasteiger partial charge < -0.3 is 10.6 Å². The summed E-state index contributed by atoms with van der Waals surface area (Å²) in [6.45, 7) is 6.30. The second kappa shape index (κ2) is 9.28. The number of aryl methyl sites for hydroxylation is 1. The molecule has 0 aliphatic carbocycles. The highest BCUT2D eigenvalue weighted by atomic mass is 32.1. The summed E-state index contributed by atoms with van der Waals surface area (Å²) in [4.78, 5) is 13.9. The molecule has 0 bridgehead atoms. The fourth-order valence-electron chi connectivity index (χ4n) is 3.42. The van der Waals surface area contributed by atoms with Crippen LogP contribution in [0, 0.1) is 6.92 Å². The minimum Gasteiger partial charge on any atom is -0.332 e. The number of fused-ring (bicyclic) bond motifs is 1. The third-order valence-electron chi connectivity index (χ3n) is 5.23. The number of thiocarbonyl (C=S) groups is 1. The molecule has 0 spiro atoms. The predicted molar refractivity (Wildman–Crippen MR) is 132 cm³/mol. The zero-order valence-corrected chi connectivity index (χ0v) is 19.1. The van der Waals surface area contributed by atoms with E-state index in [-0.39, 0.29) is 17.4 Å². The summed E-state index contributed by atoms with van der Waals surface area (Å²) < 4.78 is 0. The van der Waals surface area contributed by atoms with Gasteiger partial charge in [0.05, 0.1) is 12.1 Å². The molecule has 6 nitrogen and oxygen atoms in total. The molecule has 4 rings (SSSR count). The van der Waals surface area contributed by atoms with Gasteiger partial charge >= 0.3 is 0 Å². The summed E-state index contributed by atoms with van der Waals surface area (Å²) in [7, 11) is 0. The molecule has 32 heavy (non-hydrogen) atoms. The van der Waals surface area contributed by atoms with Crippen LogP contribution in [0.2, 0.25) is 0 Å². The maximum absolute atomic E-state index is 12.3. The van der Waals surface area contributed by atoms with Crippen molar-refractivity contribution in [1.29, 1.82) is 0 Å². The molecule has 0 saturated carbocycles. The summed E-state index contributed by atoms with van der Waals surface area (Å²) in [6, 6.07) is 21.7. The molecule has 162 valence electrons. The van der Waals surface area contributed by atoms with Crippen LogP contribution in [-0.4, -0.2) is 26.0 Å². The summed E-state index contributed by atoms with van der Waals surface area (Å²) in [6.07, 6.45) is 0.268. The van der Waals surface area contributed by atoms with Gasteiger partial charge in [0.1, 0.15) is 11.0 Å². The van der Waals surface area contributed by atoms with Crippen LogP contribution >= 0.6 is 12.2 Å². The molecule has 1 aromatic heterocycles. The van der Waals surface area contributed by atoms with Crippen LogP contribution in [0.4, 0.5) is 5.69 Å². The van der Waals surface area contributed by atoms with E-state index < -0.39 is 0 Å². The first-order valence-corrected chi connectivity index (χ1v) is 10.9. The lowest BCUT2D eigenvalue weighted by molar-refractivity contribution is -0.119. The number of amides is 1. The van der Waals surface area contributed by atoms with Crippen LogP contribution in [0.15, 0.2) is 66.7 Å². The van der Waals surface area contributed by atoms with E-state index in [2.05, 4.69) is 46.8 Å². The average molecular weight is 444 g/mol. The second-order valence-electron chi connectivity index (χ2n) is 8.06. The van der Waals surface area contributed by atoms with Gasteiger partial charge in [-0.25, -0.2) is 0 Å². The number of hydrogen-bond acceptors (Lipinski definition) is 4. The van der Waals surface area contributed by atoms with Crippen molar-refractivity contribution in [2.45, 2.75) is 33.1 Å². The van der Waals surface area contributed by atoms with Crippen molar-refractivity contribution < 1.29 is 4.79 Å². The average Bonchev–Trinajstić information content (AvgIpc) is 3.17. The molecule has 0 fully saturated rings. The molecule has 0 aliphatic rings. The van der Waals surface area contributed by atoms with Gasteiger partial charge in [0.2, 0.25) is 5.91 Å². The largest absolute Gasteiger partial charge is 0.332 e. The normalized spacial score (nSPS) is 11.0. The molecular weight excluding hydrogens is 418 g/mol. The predicted octanol–water partition coefficient (Wildman–Crippen LogP) is 4.91. The summed E-state index contributed by atoms with van der Waals surface area (Å²) in [5.41, 5.74) is 6.38. The molecule has 1 heterocycles. The van der Waals surface area contributed by atoms with E-state index in [9.17, 15) is 4.79 Å². The number of nitrogens with one attached hydrogen (secondary N) is 2. The van der Waals surface area contributed by atoms with Crippen molar-refractivity contribution in [3.63, 3.8) is 0 Å². The fourth-order valence-corrected chi connectivity index (χ4v) is 3.64. The Morgan fingerprint density at radius 1 is 1.00 bits per heavy atom. The van der Waals surface area contributed by atoms with Gasteiger partial charge in [0, 0.05) is 5.69 Å². The van der Waals surface area contributed by atoms with Crippen molar-refractivity contribution in [3.05, 3.63) is 83.4 Å². The number of carbonyl (C=O) groups excluding carboxylic acids is 1. The fraction of sp³-hybridized carbons (Fsp3) is 0.200. The zero-order chi connectivity index (χ0) is 22.7. The lowest BCUT2D eigenvalue weighted by Gasteiger charge is -2.11. The molecule has 1 amide bonds. The number of aromatic nitrogens is 3. The molecule has 2 N–H and O–H groups in total. The van der Waals surface area contributed by atoms with Crippen molar-refractivity contribution in [2.75, 3.05) is 5.32 Å². The van der Waals surface area contributed by atoms with Crippen LogP contribution in [-0.2, 0) is 11.2 Å². The monoisotopic (exact) mass is 443 g/mol. The Balaban J connectivity index is 1.48. The Hall–Kier alpha value is -3.58. The first-order valence-electron chi connectivity index (χ1n) is 10.5. The van der Waals surface area contributed by atoms with E-state index in [4.69, 9.17) is 12.2 Å². The first kappa shape index (κ1) is 21.6. The Bertz CT molecular complexity index is 1260. The number of rotatable bonds is 5. The van der Waals surface area contributed by atoms with Gasteiger partial charge in [0.25, 0.3) is 0 Å². The van der Waals surface area contributed by atoms with Crippen LogP contribution in [0.3, 0.4) is 0 Å². The number of hydrogen-bond donors (Lipinski definition) is 2. The summed E-state index contributed by atoms with van der Waals surface area (Å²) in [5.74, 6) is 0.310. The maximum atomic E-state index is 12.3. The van der Waals surface area contributed by atoms with E-state index in [1.54, 1.807) is 4.80 Å². The third kappa shape index (κ3) is 5.00. The number of benzene rings is 3. The second-order valence-corrected chi connectivity index (χ2v) is 8.46. The minimum absolute atomic E-state index is 0.164. The maximum Gasteiger partial charge on any atom is 0.230 e. The van der Waals surface area contributed by atoms with Crippen LogP contribution in [0.1, 0.15) is 36.5 Å². The van der Waals surface area contributed by atoms with E-state index in [1.807, 2.05) is 61.5 Å². The molecule has 4 aromatic rings. The SMILES string of the molecule is Cc1cc2nn(-c3ccc(C(C)C)cc3)nc2cc1NC(=S)NC(=O)Cc1ccccc1. The molecule has 0 atom stereocenters. The Morgan fingerprint density at radius 3 is 2.31 bits per heavy atom. The van der Waals surface area contributed by atoms with E-state index in [0.717, 1.165) is 33.5 Å². The van der Waals surface area contributed by atoms with E-state index in [0.29, 0.717) is 5.92 Å². The van der Waals surface area contributed by atoms with Crippen LogP contribution in [0.5, 0.6) is 0 Å². The smallest absolute Gasteiger partial charge is 0.230 e. The highest BCUT2D eigenvalue weighted by Crippen LogP contribution is 2.23. The molecule has 0 aliphatic heterocycles. The molecule has 7 heteroatoms. The molecule has 3 aromatic carbocycles. The molecule has 0 radical (unpaired) electrons. The highest BCUT2D eigenvalue weighted by molar-refractivity contribution is 7.80. The van der Waals surface area contributed by atoms with E-state index >= 15 is 0 Å². The quantitative estimate of drug-likeness (QED) is 0.429. The molecule has 0 unspecified atom stereocenters. The minimum atomic E-state index is -0.164. The van der Waals surface area contributed by atoms with Crippen molar-refractivity contribution in [3.8, 4) is 5.69 Å². The van der Waals surface area contributed by atoms with Gasteiger partial charge in [-0.1, -0.05) is 56.3 Å². The van der Waals surface area contributed by atoms with Crippen molar-refractivity contribution in [1.82, 2.24) is 20.3 Å². The van der Waals surface area contributed by atoms with Gasteiger partial charge in [-0.15, -0.1) is 10.2 Å². The van der Waals surface area contributed by atoms with Gasteiger partial charge in [-0.2, -0.15) is 4.80 Å². The lowest BCUT2D eigenvalue weighted by atomic mass is 10.0. The third-order valence-corrected chi connectivity index (χ3v) is 5.43. The Labute approximate surface area is 192 Å². The first-order chi connectivity index (χ1) is 15.4. The van der Waals surface area contributed by atoms with Gasteiger partial charge in [0.15, 0.2) is 5.11 Å². The van der Waals surface area contributed by atoms with Crippen LogP contribution < -0.4 is 10.6 Å². The number of anilines is 1. The standard InChI is InChI=1S/C25H25N5OS/c1-16(2)19-9-11-20(12-10-19)30-28-22-13-17(3)21(15-23(22)29-30)26-25(32)27-24(31)14-18-7-5-4-6-8-18/h4-13,15-16H,14H2,1-3H3,(H2,26,27,31,32). The van der Waals surface area contributed by atoms with Gasteiger partial charge in [-0.05, 0) is 66.0 Å². The number of carbonyl (C=O) groups is 1. The molecular formula is C25H25N5OS. The Kier molecular flexibility index (Phi) is 6.28. The summed E-state index contributed by atoms with van der Waals surface area (Å²) in [5, 5.41) is 15.3. The Morgan fingerprint density at radius 2 is 1.66 bits per heavy atom. The van der Waals surface area contributed by atoms with Crippen LogP contribution in [0.25, 0.3) is 16.7 Å². The summed E-state index contributed by atoms with van der Waals surface area (Å²) >= 11 is 5.34. The van der Waals surface area contributed by atoms with Crippen molar-refractivity contribution in [2.24, 2.45) is 0 Å². The lowest BCUT2D eigenvalue weighted by Crippen LogP contribution is -2.35. The van der Waals surface area contributed by atoms with Gasteiger partial charge in [-0.3, -0.25) is 4.79 Å². The number of nitrogens with zero attached hydrogens (tertiary/aromatic N) is 3.